The van der Waals surface area contributed by atoms with E-state index in [0.29, 0.717) is 38.0 Å². The van der Waals surface area contributed by atoms with Gasteiger partial charge < -0.3 is 23.9 Å². The van der Waals surface area contributed by atoms with E-state index >= 15 is 0 Å². The third-order valence-corrected chi connectivity index (χ3v) is 4.81. The molecule has 1 N–H and O–H groups in total. The Bertz CT molecular complexity index is 1150. The van der Waals surface area contributed by atoms with Crippen molar-refractivity contribution in [1.82, 2.24) is 5.32 Å². The summed E-state index contributed by atoms with van der Waals surface area (Å²) in [7, 11) is 1.58. The molecule has 174 valence electrons. The average Bonchev–Trinajstić information content (AvgIpc) is 2.80. The van der Waals surface area contributed by atoms with Crippen molar-refractivity contribution in [3.63, 3.8) is 0 Å². The molecule has 0 bridgehead atoms. The zero-order valence-electron chi connectivity index (χ0n) is 18.7. The summed E-state index contributed by atoms with van der Waals surface area (Å²) >= 11 is 0. The summed E-state index contributed by atoms with van der Waals surface area (Å²) < 4.78 is 21.1. The molecule has 0 aliphatic carbocycles. The van der Waals surface area contributed by atoms with Gasteiger partial charge >= 0.3 is 11.6 Å². The SMILES string of the molecule is COCCCNC(=O)c1cc2ccc(OC(=O)CCCOc3ccc(C)cc3)cc2oc1=O. The van der Waals surface area contributed by atoms with Gasteiger partial charge in [0.15, 0.2) is 0 Å². The highest BCUT2D eigenvalue weighted by molar-refractivity contribution is 5.96. The van der Waals surface area contributed by atoms with E-state index in [1.165, 1.54) is 12.1 Å². The molecule has 1 aromatic heterocycles. The van der Waals surface area contributed by atoms with E-state index in [1.54, 1.807) is 19.2 Å². The Morgan fingerprint density at radius 2 is 1.73 bits per heavy atom. The second-order valence-corrected chi connectivity index (χ2v) is 7.49. The Balaban J connectivity index is 1.53. The topological polar surface area (TPSA) is 104 Å². The maximum Gasteiger partial charge on any atom is 0.349 e. The van der Waals surface area contributed by atoms with Crippen molar-refractivity contribution in [1.29, 1.82) is 0 Å². The first-order chi connectivity index (χ1) is 16.0. The van der Waals surface area contributed by atoms with Crippen LogP contribution in [0.15, 0.2) is 57.7 Å². The van der Waals surface area contributed by atoms with Gasteiger partial charge in [-0.15, -0.1) is 0 Å². The molecule has 3 rings (SSSR count). The monoisotopic (exact) mass is 453 g/mol. The van der Waals surface area contributed by atoms with Crippen molar-refractivity contribution >= 4 is 22.8 Å². The van der Waals surface area contributed by atoms with Gasteiger partial charge in [0.2, 0.25) is 0 Å². The number of carbonyl (C=O) groups is 2. The fourth-order valence-electron chi connectivity index (χ4n) is 3.05. The largest absolute Gasteiger partial charge is 0.494 e. The van der Waals surface area contributed by atoms with Crippen LogP contribution in [0.25, 0.3) is 11.0 Å². The van der Waals surface area contributed by atoms with Gasteiger partial charge in [-0.3, -0.25) is 9.59 Å². The molecule has 1 heterocycles. The van der Waals surface area contributed by atoms with Crippen molar-refractivity contribution in [3.05, 3.63) is 70.1 Å². The molecule has 1 amide bonds. The molecular weight excluding hydrogens is 426 g/mol. The van der Waals surface area contributed by atoms with Crippen molar-refractivity contribution in [3.8, 4) is 11.5 Å². The molecule has 8 heteroatoms. The van der Waals surface area contributed by atoms with Crippen molar-refractivity contribution in [2.24, 2.45) is 0 Å². The van der Waals surface area contributed by atoms with Gasteiger partial charge in [0.05, 0.1) is 6.61 Å². The molecule has 0 saturated carbocycles. The minimum Gasteiger partial charge on any atom is -0.494 e. The highest BCUT2D eigenvalue weighted by Crippen LogP contribution is 2.21. The lowest BCUT2D eigenvalue weighted by molar-refractivity contribution is -0.134. The summed E-state index contributed by atoms with van der Waals surface area (Å²) in [6.07, 6.45) is 1.31. The molecule has 33 heavy (non-hydrogen) atoms. The first kappa shape index (κ1) is 24.0. The molecule has 0 aliphatic heterocycles. The van der Waals surface area contributed by atoms with Crippen molar-refractivity contribution in [2.45, 2.75) is 26.2 Å². The fraction of sp³-hybridized carbons (Fsp3) is 0.320. The first-order valence-electron chi connectivity index (χ1n) is 10.7. The summed E-state index contributed by atoms with van der Waals surface area (Å²) in [5.74, 6) is 0.0785. The van der Waals surface area contributed by atoms with Crippen LogP contribution < -0.4 is 20.4 Å². The first-order valence-corrected chi connectivity index (χ1v) is 10.7. The van der Waals surface area contributed by atoms with Crippen LogP contribution in [0.2, 0.25) is 0 Å². The van der Waals surface area contributed by atoms with Crippen LogP contribution in [0, 0.1) is 6.92 Å². The lowest BCUT2D eigenvalue weighted by Crippen LogP contribution is -2.29. The van der Waals surface area contributed by atoms with Crippen LogP contribution in [-0.4, -0.2) is 38.7 Å². The minimum absolute atomic E-state index is 0.0850. The zero-order chi connectivity index (χ0) is 23.6. The minimum atomic E-state index is -0.761. The lowest BCUT2D eigenvalue weighted by Gasteiger charge is -2.08. The van der Waals surface area contributed by atoms with E-state index in [1.807, 2.05) is 31.2 Å². The summed E-state index contributed by atoms with van der Waals surface area (Å²) in [4.78, 5) is 36.6. The van der Waals surface area contributed by atoms with Gasteiger partial charge in [-0.1, -0.05) is 17.7 Å². The molecule has 0 atom stereocenters. The Hall–Kier alpha value is -3.65. The van der Waals surface area contributed by atoms with Crippen LogP contribution in [0.4, 0.5) is 0 Å². The molecule has 0 unspecified atom stereocenters. The summed E-state index contributed by atoms with van der Waals surface area (Å²) in [5.41, 5.74) is 0.528. The number of hydrogen-bond acceptors (Lipinski definition) is 7. The van der Waals surface area contributed by atoms with Crippen LogP contribution in [0.3, 0.4) is 0 Å². The summed E-state index contributed by atoms with van der Waals surface area (Å²) in [5, 5.41) is 3.20. The van der Waals surface area contributed by atoms with E-state index in [4.69, 9.17) is 18.6 Å². The number of aryl methyl sites for hydroxylation is 1. The number of esters is 1. The van der Waals surface area contributed by atoms with Gasteiger partial charge in [0.25, 0.3) is 5.91 Å². The van der Waals surface area contributed by atoms with Gasteiger partial charge in [0, 0.05) is 38.1 Å². The molecule has 0 radical (unpaired) electrons. The molecule has 0 saturated heterocycles. The highest BCUT2D eigenvalue weighted by Gasteiger charge is 2.14. The van der Waals surface area contributed by atoms with E-state index < -0.39 is 17.5 Å². The predicted octanol–water partition coefficient (Wildman–Crippen LogP) is 3.63. The Morgan fingerprint density at radius 3 is 2.48 bits per heavy atom. The van der Waals surface area contributed by atoms with E-state index in [-0.39, 0.29) is 23.3 Å². The normalized spacial score (nSPS) is 10.7. The maximum absolute atomic E-state index is 12.2. The standard InChI is InChI=1S/C25H27NO7/c1-17-6-9-19(10-7-17)31-14-3-5-23(27)32-20-11-8-18-15-21(25(29)33-22(18)16-20)24(28)26-12-4-13-30-2/h6-11,15-16H,3-5,12-14H2,1-2H3,(H,26,28). The third kappa shape index (κ3) is 7.18. The van der Waals surface area contributed by atoms with Gasteiger partial charge in [-0.25, -0.2) is 4.79 Å². The fourth-order valence-corrected chi connectivity index (χ4v) is 3.05. The highest BCUT2D eigenvalue weighted by atomic mass is 16.5. The summed E-state index contributed by atoms with van der Waals surface area (Å²) in [6, 6.07) is 13.8. The van der Waals surface area contributed by atoms with E-state index in [0.717, 1.165) is 11.3 Å². The number of rotatable bonds is 11. The number of amides is 1. The molecular formula is C25H27NO7. The second kappa shape index (κ2) is 11.8. The van der Waals surface area contributed by atoms with Crippen LogP contribution >= 0.6 is 0 Å². The number of carbonyl (C=O) groups excluding carboxylic acids is 2. The summed E-state index contributed by atoms with van der Waals surface area (Å²) in [6.45, 7) is 3.28. The molecule has 3 aromatic rings. The van der Waals surface area contributed by atoms with Crippen LogP contribution in [-0.2, 0) is 9.53 Å². The van der Waals surface area contributed by atoms with Gasteiger partial charge in [0.1, 0.15) is 22.6 Å². The van der Waals surface area contributed by atoms with Gasteiger partial charge in [-0.2, -0.15) is 0 Å². The van der Waals surface area contributed by atoms with Crippen LogP contribution in [0.5, 0.6) is 11.5 Å². The van der Waals surface area contributed by atoms with Crippen molar-refractivity contribution < 1.29 is 28.2 Å². The molecule has 0 aliphatic rings. The number of methoxy groups -OCH3 is 1. The number of ether oxygens (including phenoxy) is 3. The maximum atomic E-state index is 12.2. The Kier molecular flexibility index (Phi) is 8.60. The van der Waals surface area contributed by atoms with Crippen LogP contribution in [0.1, 0.15) is 35.2 Å². The number of benzene rings is 2. The van der Waals surface area contributed by atoms with Crippen molar-refractivity contribution in [2.75, 3.05) is 26.9 Å². The Labute approximate surface area is 191 Å². The molecule has 0 fully saturated rings. The van der Waals surface area contributed by atoms with E-state index in [2.05, 4.69) is 5.32 Å². The molecule has 8 nitrogen and oxygen atoms in total. The number of nitrogens with one attached hydrogen (secondary N) is 1. The second-order valence-electron chi connectivity index (χ2n) is 7.49. The predicted molar refractivity (Wildman–Crippen MR) is 123 cm³/mol. The van der Waals surface area contributed by atoms with E-state index in [9.17, 15) is 14.4 Å². The Morgan fingerprint density at radius 1 is 0.970 bits per heavy atom. The number of fused-ring (bicyclic) bond motifs is 1. The van der Waals surface area contributed by atoms with Gasteiger partial charge in [-0.05, 0) is 50.1 Å². The average molecular weight is 453 g/mol. The quantitative estimate of drug-likeness (QED) is 0.205. The zero-order valence-corrected chi connectivity index (χ0v) is 18.7. The third-order valence-electron chi connectivity index (χ3n) is 4.81. The lowest BCUT2D eigenvalue weighted by atomic mass is 10.1. The molecule has 2 aromatic carbocycles. The smallest absolute Gasteiger partial charge is 0.349 e. The molecule has 0 spiro atoms. The number of hydrogen-bond donors (Lipinski definition) is 1.